The maximum absolute atomic E-state index is 4.74. The van der Waals surface area contributed by atoms with E-state index in [0.29, 0.717) is 12.0 Å². The highest BCUT2D eigenvalue weighted by Gasteiger charge is 2.21. The Morgan fingerprint density at radius 2 is 1.95 bits per heavy atom. The summed E-state index contributed by atoms with van der Waals surface area (Å²) in [6.07, 6.45) is 3.94. The van der Waals surface area contributed by atoms with Gasteiger partial charge in [-0.3, -0.25) is 4.99 Å². The van der Waals surface area contributed by atoms with E-state index in [-0.39, 0.29) is 0 Å². The fourth-order valence-corrected chi connectivity index (χ4v) is 2.09. The van der Waals surface area contributed by atoms with Crippen molar-refractivity contribution in [2.45, 2.75) is 46.1 Å². The van der Waals surface area contributed by atoms with E-state index in [0.717, 1.165) is 31.5 Å². The number of nitrogens with one attached hydrogen (secondary N) is 2. The van der Waals surface area contributed by atoms with Gasteiger partial charge in [-0.2, -0.15) is 0 Å². The zero-order valence-electron chi connectivity index (χ0n) is 13.4. The number of nitrogens with zero attached hydrogens (tertiary/aromatic N) is 2. The van der Waals surface area contributed by atoms with Crippen LogP contribution in [0.5, 0.6) is 0 Å². The lowest BCUT2D eigenvalue weighted by atomic mass is 10.0. The summed E-state index contributed by atoms with van der Waals surface area (Å²) < 4.78 is 0. The lowest BCUT2D eigenvalue weighted by Crippen LogP contribution is -2.40. The lowest BCUT2D eigenvalue weighted by molar-refractivity contribution is 0.261. The van der Waals surface area contributed by atoms with Crippen molar-refractivity contribution >= 4 is 5.96 Å². The summed E-state index contributed by atoms with van der Waals surface area (Å²) in [6.45, 7) is 9.53. The highest BCUT2D eigenvalue weighted by molar-refractivity contribution is 5.79. The average Bonchev–Trinajstić information content (AvgIpc) is 3.14. The van der Waals surface area contributed by atoms with Crippen LogP contribution >= 0.6 is 0 Å². The molecule has 0 aromatic rings. The van der Waals surface area contributed by atoms with Gasteiger partial charge in [0.25, 0.3) is 0 Å². The van der Waals surface area contributed by atoms with Gasteiger partial charge in [0, 0.05) is 19.1 Å². The second kappa shape index (κ2) is 8.41. The van der Waals surface area contributed by atoms with Crippen LogP contribution in [-0.2, 0) is 0 Å². The molecule has 2 N–H and O–H groups in total. The fraction of sp³-hybridized carbons (Fsp3) is 0.933. The quantitative estimate of drug-likeness (QED) is 0.522. The molecule has 19 heavy (non-hydrogen) atoms. The van der Waals surface area contributed by atoms with Crippen LogP contribution in [0, 0.1) is 11.8 Å². The summed E-state index contributed by atoms with van der Waals surface area (Å²) in [6, 6.07) is 0.524. The summed E-state index contributed by atoms with van der Waals surface area (Å²) >= 11 is 0. The van der Waals surface area contributed by atoms with Gasteiger partial charge in [-0.25, -0.2) is 0 Å². The SMILES string of the molecule is CCNC(=NCC(CC(C)C)N(C)C)NCC1CC1. The molecule has 0 aliphatic heterocycles. The molecule has 0 saturated heterocycles. The third-order valence-corrected chi connectivity index (χ3v) is 3.53. The molecule has 0 bridgehead atoms. The molecule has 0 aromatic carbocycles. The van der Waals surface area contributed by atoms with Crippen molar-refractivity contribution in [2.24, 2.45) is 16.8 Å². The molecule has 0 amide bonds. The molecular weight excluding hydrogens is 236 g/mol. The Hall–Kier alpha value is -0.770. The van der Waals surface area contributed by atoms with Crippen molar-refractivity contribution in [1.29, 1.82) is 0 Å². The minimum atomic E-state index is 0.524. The third kappa shape index (κ3) is 7.41. The molecule has 0 heterocycles. The summed E-state index contributed by atoms with van der Waals surface area (Å²) in [7, 11) is 4.29. The van der Waals surface area contributed by atoms with Crippen molar-refractivity contribution in [3.63, 3.8) is 0 Å². The molecule has 1 fully saturated rings. The van der Waals surface area contributed by atoms with Gasteiger partial charge in [-0.15, -0.1) is 0 Å². The molecule has 1 saturated carbocycles. The Labute approximate surface area is 119 Å². The minimum absolute atomic E-state index is 0.524. The third-order valence-electron chi connectivity index (χ3n) is 3.53. The van der Waals surface area contributed by atoms with E-state index in [4.69, 9.17) is 4.99 Å². The van der Waals surface area contributed by atoms with Crippen LogP contribution in [0.2, 0.25) is 0 Å². The molecule has 4 heteroatoms. The molecule has 0 aromatic heterocycles. The molecular formula is C15H32N4. The van der Waals surface area contributed by atoms with E-state index in [1.807, 2.05) is 0 Å². The summed E-state index contributed by atoms with van der Waals surface area (Å²) in [5, 5.41) is 6.78. The molecule has 1 atom stereocenters. The summed E-state index contributed by atoms with van der Waals surface area (Å²) in [5.74, 6) is 2.57. The molecule has 1 rings (SSSR count). The zero-order chi connectivity index (χ0) is 14.3. The Kier molecular flexibility index (Phi) is 7.21. The molecule has 4 nitrogen and oxygen atoms in total. The van der Waals surface area contributed by atoms with Crippen molar-refractivity contribution in [2.75, 3.05) is 33.7 Å². The topological polar surface area (TPSA) is 39.7 Å². The van der Waals surface area contributed by atoms with Gasteiger partial charge in [0.2, 0.25) is 0 Å². The fourth-order valence-electron chi connectivity index (χ4n) is 2.09. The first-order valence-corrected chi connectivity index (χ1v) is 7.71. The standard InChI is InChI=1S/C15H32N4/c1-6-16-15(17-10-13-7-8-13)18-11-14(19(4)5)9-12(2)3/h12-14H,6-11H2,1-5H3,(H2,16,17,18). The van der Waals surface area contributed by atoms with Crippen LogP contribution in [0.1, 0.15) is 40.0 Å². The van der Waals surface area contributed by atoms with Crippen molar-refractivity contribution in [3.8, 4) is 0 Å². The van der Waals surface area contributed by atoms with Gasteiger partial charge in [-0.1, -0.05) is 13.8 Å². The number of aliphatic imine (C=N–C) groups is 1. The van der Waals surface area contributed by atoms with Crippen LogP contribution < -0.4 is 10.6 Å². The molecule has 1 unspecified atom stereocenters. The van der Waals surface area contributed by atoms with E-state index in [1.54, 1.807) is 0 Å². The van der Waals surface area contributed by atoms with Crippen LogP contribution in [0.25, 0.3) is 0 Å². The Bertz CT molecular complexity index is 269. The van der Waals surface area contributed by atoms with Crippen LogP contribution in [0.4, 0.5) is 0 Å². The smallest absolute Gasteiger partial charge is 0.191 e. The van der Waals surface area contributed by atoms with Crippen molar-refractivity contribution in [3.05, 3.63) is 0 Å². The van der Waals surface area contributed by atoms with Crippen LogP contribution in [-0.4, -0.2) is 50.6 Å². The van der Waals surface area contributed by atoms with Gasteiger partial charge in [0.05, 0.1) is 6.54 Å². The number of rotatable bonds is 8. The van der Waals surface area contributed by atoms with E-state index in [9.17, 15) is 0 Å². The van der Waals surface area contributed by atoms with Gasteiger partial charge in [0.15, 0.2) is 5.96 Å². The normalized spacial score (nSPS) is 17.9. The predicted octanol–water partition coefficient (Wildman–Crippen LogP) is 1.93. The highest BCUT2D eigenvalue weighted by atomic mass is 15.2. The van der Waals surface area contributed by atoms with Gasteiger partial charge in [0.1, 0.15) is 0 Å². The maximum Gasteiger partial charge on any atom is 0.191 e. The van der Waals surface area contributed by atoms with Crippen LogP contribution in [0.3, 0.4) is 0 Å². The van der Waals surface area contributed by atoms with E-state index < -0.39 is 0 Å². The second-order valence-electron chi connectivity index (χ2n) is 6.29. The Balaban J connectivity index is 2.44. The van der Waals surface area contributed by atoms with E-state index in [2.05, 4.69) is 50.4 Å². The Morgan fingerprint density at radius 1 is 1.26 bits per heavy atom. The maximum atomic E-state index is 4.74. The molecule has 112 valence electrons. The number of hydrogen-bond acceptors (Lipinski definition) is 2. The molecule has 1 aliphatic rings. The number of likely N-dealkylation sites (N-methyl/N-ethyl adjacent to an activating group) is 1. The van der Waals surface area contributed by atoms with Gasteiger partial charge in [-0.05, 0) is 52.1 Å². The first kappa shape index (κ1) is 16.3. The molecule has 0 radical (unpaired) electrons. The van der Waals surface area contributed by atoms with Gasteiger partial charge < -0.3 is 15.5 Å². The van der Waals surface area contributed by atoms with E-state index >= 15 is 0 Å². The largest absolute Gasteiger partial charge is 0.357 e. The monoisotopic (exact) mass is 268 g/mol. The van der Waals surface area contributed by atoms with Crippen molar-refractivity contribution < 1.29 is 0 Å². The highest BCUT2D eigenvalue weighted by Crippen LogP contribution is 2.27. The average molecular weight is 268 g/mol. The molecule has 1 aliphatic carbocycles. The summed E-state index contributed by atoms with van der Waals surface area (Å²) in [5.41, 5.74) is 0. The van der Waals surface area contributed by atoms with E-state index in [1.165, 1.54) is 19.3 Å². The van der Waals surface area contributed by atoms with Crippen LogP contribution in [0.15, 0.2) is 4.99 Å². The lowest BCUT2D eigenvalue weighted by Gasteiger charge is -2.24. The second-order valence-corrected chi connectivity index (χ2v) is 6.29. The van der Waals surface area contributed by atoms with Gasteiger partial charge >= 0.3 is 0 Å². The number of guanidine groups is 1. The first-order chi connectivity index (χ1) is 9.02. The number of hydrogen-bond donors (Lipinski definition) is 2. The minimum Gasteiger partial charge on any atom is -0.357 e. The van der Waals surface area contributed by atoms with Crippen molar-refractivity contribution in [1.82, 2.24) is 15.5 Å². The zero-order valence-corrected chi connectivity index (χ0v) is 13.4. The molecule has 0 spiro atoms. The predicted molar refractivity (Wildman–Crippen MR) is 83.6 cm³/mol. The summed E-state index contributed by atoms with van der Waals surface area (Å²) in [4.78, 5) is 7.03. The first-order valence-electron chi connectivity index (χ1n) is 7.71. The Morgan fingerprint density at radius 3 is 2.42 bits per heavy atom.